The van der Waals surface area contributed by atoms with Crippen LogP contribution in [0, 0.1) is 0 Å². The van der Waals surface area contributed by atoms with E-state index in [1.807, 2.05) is 0 Å². The van der Waals surface area contributed by atoms with Crippen molar-refractivity contribution in [2.45, 2.75) is 138 Å². The highest BCUT2D eigenvalue weighted by Gasteiger charge is 2.51. The maximum Gasteiger partial charge on any atom is 0.246 e. The molecule has 19 heteroatoms. The van der Waals surface area contributed by atoms with Crippen molar-refractivity contribution in [1.29, 1.82) is 0 Å². The van der Waals surface area contributed by atoms with Crippen LogP contribution in [-0.2, 0) is 47.9 Å². The lowest BCUT2D eigenvalue weighted by atomic mass is 10.1. The minimum atomic E-state index is -1.02. The molecule has 6 saturated heterocycles. The smallest absolute Gasteiger partial charge is 0.246 e. The van der Waals surface area contributed by atoms with Crippen LogP contribution in [-0.4, -0.2) is 172 Å². The van der Waals surface area contributed by atoms with Gasteiger partial charge >= 0.3 is 0 Å². The van der Waals surface area contributed by atoms with E-state index in [1.54, 1.807) is 0 Å². The molecule has 19 nitrogen and oxygen atoms in total. The van der Waals surface area contributed by atoms with Gasteiger partial charge in [0.2, 0.25) is 47.3 Å². The fourth-order valence-corrected chi connectivity index (χ4v) is 9.58. The van der Waals surface area contributed by atoms with Gasteiger partial charge in [-0.15, -0.1) is 0 Å². The average molecular weight is 798 g/mol. The van der Waals surface area contributed by atoms with Crippen LogP contribution in [0.5, 0.6) is 0 Å². The highest BCUT2D eigenvalue weighted by atomic mass is 16.2. The van der Waals surface area contributed by atoms with Crippen LogP contribution in [0.15, 0.2) is 0 Å². The molecule has 6 rings (SSSR count). The largest absolute Gasteiger partial charge is 0.368 e. The third-order valence-electron chi connectivity index (χ3n) is 12.3. The van der Waals surface area contributed by atoms with Gasteiger partial charge in [-0.05, 0) is 70.8 Å². The summed E-state index contributed by atoms with van der Waals surface area (Å²) in [5.41, 5.74) is 5.61. The van der Waals surface area contributed by atoms with Crippen LogP contribution < -0.4 is 21.7 Å². The minimum Gasteiger partial charge on any atom is -0.368 e. The number of nitrogens with one attached hydrogen (secondary N) is 3. The molecule has 6 fully saturated rings. The van der Waals surface area contributed by atoms with E-state index in [0.717, 1.165) is 6.42 Å². The molecule has 312 valence electrons. The fraction of sp³-hybridized carbons (Fsp3) is 0.737. The first-order valence-electron chi connectivity index (χ1n) is 20.4. The van der Waals surface area contributed by atoms with Crippen molar-refractivity contribution in [2.75, 3.05) is 39.3 Å². The zero-order chi connectivity index (χ0) is 40.8. The third-order valence-corrected chi connectivity index (χ3v) is 12.3. The van der Waals surface area contributed by atoms with Crippen molar-refractivity contribution in [1.82, 2.24) is 40.4 Å². The molecule has 0 aromatic carbocycles. The van der Waals surface area contributed by atoms with E-state index in [4.69, 9.17) is 5.73 Å². The summed E-state index contributed by atoms with van der Waals surface area (Å²) in [5, 5.41) is 8.87. The molecule has 0 aromatic heterocycles. The Balaban J connectivity index is 1.18. The molecule has 57 heavy (non-hydrogen) atoms. The summed E-state index contributed by atoms with van der Waals surface area (Å²) in [6.45, 7) is 1.57. The number of nitrogens with two attached hydrogens (primary N) is 1. The number of likely N-dealkylation sites (tertiary alicyclic amines) is 5. The van der Waals surface area contributed by atoms with Gasteiger partial charge in [0, 0.05) is 70.5 Å². The third kappa shape index (κ3) is 9.12. The van der Waals surface area contributed by atoms with Crippen LogP contribution >= 0.6 is 0 Å². The van der Waals surface area contributed by atoms with Crippen molar-refractivity contribution in [3.05, 3.63) is 0 Å². The number of rotatable bonds is 14. The normalized spacial score (nSPS) is 29.8. The number of hydrogen-bond acceptors (Lipinski definition) is 11. The summed E-state index contributed by atoms with van der Waals surface area (Å²) in [4.78, 5) is 137. The Labute approximate surface area is 331 Å². The lowest BCUT2D eigenvalue weighted by Crippen LogP contribution is -2.58. The standard InChI is InChI=1S/C38H55N9O10/c39-33(52)26-8-2-14-43(26)37(56)30-20-24(42-32(51)12-6-18-49)22-47(30)36(55)28-10-4-15-44(28)35(54)27-9-3-16-45(27)38(57)29-19-23(41-31(50)11-5-17-48)21-46(29)34(53)25-7-1-13-40-25/h17-18,23-30,40H,1-16,19-22H2,(H2,39,52)(H,41,50)(H,42,51)/t23-,24-,25-,26-,27-,28-,29-,30-/m0/s1. The Bertz CT molecular complexity index is 1620. The summed E-state index contributed by atoms with van der Waals surface area (Å²) in [6.07, 6.45) is 5.60. The molecule has 0 spiro atoms. The van der Waals surface area contributed by atoms with Gasteiger partial charge in [0.15, 0.2) is 0 Å². The van der Waals surface area contributed by atoms with Crippen molar-refractivity contribution in [2.24, 2.45) is 5.73 Å². The topological polar surface area (TPSA) is 249 Å². The second-order valence-electron chi connectivity index (χ2n) is 16.0. The predicted octanol–water partition coefficient (Wildman–Crippen LogP) is -2.67. The van der Waals surface area contributed by atoms with Crippen molar-refractivity contribution in [3.63, 3.8) is 0 Å². The molecule has 8 atom stereocenters. The van der Waals surface area contributed by atoms with Gasteiger partial charge in [0.1, 0.15) is 42.8 Å². The van der Waals surface area contributed by atoms with Crippen LogP contribution in [0.1, 0.15) is 89.9 Å². The summed E-state index contributed by atoms with van der Waals surface area (Å²) in [6, 6.07) is -6.20. The lowest BCUT2D eigenvalue weighted by molar-refractivity contribution is -0.153. The van der Waals surface area contributed by atoms with Crippen molar-refractivity contribution >= 4 is 59.8 Å². The molecule has 6 heterocycles. The van der Waals surface area contributed by atoms with Gasteiger partial charge in [0.25, 0.3) is 0 Å². The second-order valence-corrected chi connectivity index (χ2v) is 16.0. The van der Waals surface area contributed by atoms with E-state index < -0.39 is 83.8 Å². The average Bonchev–Trinajstić information content (AvgIpc) is 4.05. The summed E-state index contributed by atoms with van der Waals surface area (Å²) >= 11 is 0. The van der Waals surface area contributed by atoms with Gasteiger partial charge in [-0.2, -0.15) is 0 Å². The molecule has 0 radical (unpaired) electrons. The molecule has 0 saturated carbocycles. The number of hydrogen-bond donors (Lipinski definition) is 4. The van der Waals surface area contributed by atoms with E-state index in [0.29, 0.717) is 64.1 Å². The molecule has 0 unspecified atom stereocenters. The van der Waals surface area contributed by atoms with E-state index in [1.165, 1.54) is 24.5 Å². The van der Waals surface area contributed by atoms with Crippen molar-refractivity contribution < 1.29 is 47.9 Å². The number of nitrogens with zero attached hydrogens (tertiary/aromatic N) is 5. The Hall–Kier alpha value is -4.94. The fourth-order valence-electron chi connectivity index (χ4n) is 9.58. The quantitative estimate of drug-likeness (QED) is 0.132. The monoisotopic (exact) mass is 797 g/mol. The van der Waals surface area contributed by atoms with E-state index in [2.05, 4.69) is 16.0 Å². The van der Waals surface area contributed by atoms with Gasteiger partial charge in [-0.3, -0.25) is 38.4 Å². The molecular weight excluding hydrogens is 742 g/mol. The molecule has 6 aliphatic rings. The van der Waals surface area contributed by atoms with Crippen LogP contribution in [0.25, 0.3) is 0 Å². The number of carbonyl (C=O) groups excluding carboxylic acids is 10. The van der Waals surface area contributed by atoms with E-state index >= 15 is 0 Å². The Morgan fingerprint density at radius 3 is 1.40 bits per heavy atom. The van der Waals surface area contributed by atoms with Crippen LogP contribution in [0.4, 0.5) is 0 Å². The zero-order valence-electron chi connectivity index (χ0n) is 32.3. The summed E-state index contributed by atoms with van der Waals surface area (Å²) in [7, 11) is 0. The maximum absolute atomic E-state index is 14.5. The SMILES string of the molecule is NC(=O)[C@@H]1CCCN1C(=O)[C@@H]1C[C@H](NC(=O)CCC=O)CN1C(=O)[C@@H]1CCCN1C(=O)[C@@H]1CCCN1C(=O)[C@@H]1C[C@H](NC(=O)CCC=O)CN1C(=O)[C@@H]1CCCN1. The summed E-state index contributed by atoms with van der Waals surface area (Å²) in [5.74, 6) is -3.39. The van der Waals surface area contributed by atoms with Gasteiger partial charge in [-0.1, -0.05) is 0 Å². The molecule has 0 bridgehead atoms. The lowest BCUT2D eigenvalue weighted by Gasteiger charge is -2.36. The molecule has 6 aliphatic heterocycles. The van der Waals surface area contributed by atoms with Crippen LogP contribution in [0.3, 0.4) is 0 Å². The Morgan fingerprint density at radius 2 is 0.965 bits per heavy atom. The van der Waals surface area contributed by atoms with Gasteiger partial charge in [0.05, 0.1) is 6.04 Å². The van der Waals surface area contributed by atoms with E-state index in [9.17, 15) is 47.9 Å². The molecule has 0 aromatic rings. The maximum atomic E-state index is 14.5. The number of amides is 8. The highest BCUT2D eigenvalue weighted by molar-refractivity contribution is 5.98. The molecule has 5 N–H and O–H groups in total. The van der Waals surface area contributed by atoms with Gasteiger partial charge < -0.3 is 55.8 Å². The van der Waals surface area contributed by atoms with Gasteiger partial charge in [-0.25, -0.2) is 0 Å². The molecular formula is C38H55N9O10. The number of primary amides is 1. The number of aldehydes is 2. The minimum absolute atomic E-state index is 0.00958. The van der Waals surface area contributed by atoms with Crippen molar-refractivity contribution in [3.8, 4) is 0 Å². The van der Waals surface area contributed by atoms with Crippen LogP contribution in [0.2, 0.25) is 0 Å². The second kappa shape index (κ2) is 18.5. The summed E-state index contributed by atoms with van der Waals surface area (Å²) < 4.78 is 0. The predicted molar refractivity (Wildman–Crippen MR) is 199 cm³/mol. The highest BCUT2D eigenvalue weighted by Crippen LogP contribution is 2.32. The molecule has 8 amide bonds. The molecule has 0 aliphatic carbocycles. The van der Waals surface area contributed by atoms with E-state index in [-0.39, 0.29) is 83.1 Å². The first-order valence-corrected chi connectivity index (χ1v) is 20.4. The first-order chi connectivity index (χ1) is 27.4. The Kier molecular flexibility index (Phi) is 13.6. The zero-order valence-corrected chi connectivity index (χ0v) is 32.3. The first kappa shape index (κ1) is 41.7. The Morgan fingerprint density at radius 1 is 0.544 bits per heavy atom. The number of carbonyl (C=O) groups is 10.